The van der Waals surface area contributed by atoms with Crippen LogP contribution in [0.25, 0.3) is 0 Å². The lowest BCUT2D eigenvalue weighted by atomic mass is 10.2. The fraction of sp³-hybridized carbons (Fsp3) is 0.364. The molecule has 0 fully saturated rings. The van der Waals surface area contributed by atoms with Crippen molar-refractivity contribution in [3.05, 3.63) is 29.6 Å². The van der Waals surface area contributed by atoms with E-state index < -0.39 is 40.1 Å². The smallest absolute Gasteiger partial charge is 0.446 e. The van der Waals surface area contributed by atoms with E-state index in [4.69, 9.17) is 4.74 Å². The van der Waals surface area contributed by atoms with Gasteiger partial charge in [0.25, 0.3) is 0 Å². The number of hydrogen-bond acceptors (Lipinski definition) is 3. The lowest BCUT2D eigenvalue weighted by Crippen LogP contribution is -2.13. The molecule has 0 N–H and O–H groups in total. The first-order valence-electron chi connectivity index (χ1n) is 4.95. The van der Waals surface area contributed by atoms with E-state index in [1.54, 1.807) is 13.8 Å². The Labute approximate surface area is 105 Å². The topological polar surface area (TPSA) is 26.3 Å². The number of benzene rings is 1. The summed E-state index contributed by atoms with van der Waals surface area (Å²) in [4.78, 5) is 11.0. The molecule has 0 atom stereocenters. The van der Waals surface area contributed by atoms with Gasteiger partial charge in [-0.3, -0.25) is 0 Å². The molecule has 1 rings (SSSR count). The summed E-state index contributed by atoms with van der Waals surface area (Å²) >= 11 is -0.544. The van der Waals surface area contributed by atoms with E-state index >= 15 is 0 Å². The van der Waals surface area contributed by atoms with E-state index in [0.29, 0.717) is 6.07 Å². The first-order valence-corrected chi connectivity index (χ1v) is 5.77. The average molecular weight is 282 g/mol. The molecule has 0 saturated carbocycles. The third-order valence-electron chi connectivity index (χ3n) is 1.73. The van der Waals surface area contributed by atoms with Gasteiger partial charge in [-0.15, -0.1) is 0 Å². The normalized spacial score (nSPS) is 11.7. The number of rotatable bonds is 3. The van der Waals surface area contributed by atoms with Crippen molar-refractivity contribution in [2.24, 2.45) is 0 Å². The van der Waals surface area contributed by atoms with Crippen LogP contribution in [0.1, 0.15) is 24.2 Å². The molecule has 18 heavy (non-hydrogen) atoms. The molecule has 0 radical (unpaired) electrons. The molecule has 0 spiro atoms. The van der Waals surface area contributed by atoms with Crippen LogP contribution in [0.3, 0.4) is 0 Å². The van der Waals surface area contributed by atoms with E-state index in [1.807, 2.05) is 0 Å². The van der Waals surface area contributed by atoms with Gasteiger partial charge in [-0.25, -0.2) is 9.18 Å². The van der Waals surface area contributed by atoms with Crippen LogP contribution in [0.2, 0.25) is 0 Å². The van der Waals surface area contributed by atoms with Crippen LogP contribution >= 0.6 is 11.8 Å². The zero-order valence-electron chi connectivity index (χ0n) is 9.55. The van der Waals surface area contributed by atoms with Gasteiger partial charge < -0.3 is 4.74 Å². The number of carbonyl (C=O) groups is 1. The van der Waals surface area contributed by atoms with Crippen LogP contribution in [0, 0.1) is 5.82 Å². The number of halogens is 4. The van der Waals surface area contributed by atoms with Crippen molar-refractivity contribution < 1.29 is 27.1 Å². The Bertz CT molecular complexity index is 443. The van der Waals surface area contributed by atoms with Crippen molar-refractivity contribution in [2.45, 2.75) is 30.4 Å². The number of alkyl halides is 3. The predicted octanol–water partition coefficient (Wildman–Crippen LogP) is 4.00. The Morgan fingerprint density at radius 1 is 1.33 bits per heavy atom. The number of carbonyl (C=O) groups excluding carboxylic acids is 1. The summed E-state index contributed by atoms with van der Waals surface area (Å²) in [6.07, 6.45) is -0.466. The Morgan fingerprint density at radius 3 is 2.44 bits per heavy atom. The van der Waals surface area contributed by atoms with Gasteiger partial charge in [0.15, 0.2) is 0 Å². The van der Waals surface area contributed by atoms with Crippen molar-refractivity contribution >= 4 is 17.7 Å². The number of thioether (sulfide) groups is 1. The predicted molar refractivity (Wildman–Crippen MR) is 58.9 cm³/mol. The average Bonchev–Trinajstić information content (AvgIpc) is 2.13. The fourth-order valence-electron chi connectivity index (χ4n) is 1.15. The van der Waals surface area contributed by atoms with Gasteiger partial charge in [0.05, 0.1) is 11.7 Å². The van der Waals surface area contributed by atoms with Crippen molar-refractivity contribution in [1.82, 2.24) is 0 Å². The molecule has 0 aliphatic heterocycles. The zero-order valence-corrected chi connectivity index (χ0v) is 10.4. The van der Waals surface area contributed by atoms with E-state index in [9.17, 15) is 22.4 Å². The van der Waals surface area contributed by atoms with Crippen molar-refractivity contribution in [1.29, 1.82) is 0 Å². The van der Waals surface area contributed by atoms with Crippen molar-refractivity contribution in [3.63, 3.8) is 0 Å². The maximum absolute atomic E-state index is 12.9. The molecular formula is C11H10F4O2S. The quantitative estimate of drug-likeness (QED) is 0.476. The van der Waals surface area contributed by atoms with Crippen LogP contribution < -0.4 is 0 Å². The summed E-state index contributed by atoms with van der Waals surface area (Å²) in [6, 6.07) is 2.56. The summed E-state index contributed by atoms with van der Waals surface area (Å²) in [5, 5.41) is 0. The summed E-state index contributed by atoms with van der Waals surface area (Å²) in [5.74, 6) is -1.75. The standard InChI is InChI=1S/C11H10F4O2S/c1-6(2)17-10(16)8-4-3-7(12)5-9(8)18-11(13,14)15/h3-6H,1-2H3. The van der Waals surface area contributed by atoms with Gasteiger partial charge in [0.2, 0.25) is 0 Å². The summed E-state index contributed by atoms with van der Waals surface area (Å²) in [6.45, 7) is 3.13. The second kappa shape index (κ2) is 5.60. The van der Waals surface area contributed by atoms with E-state index in [0.717, 1.165) is 12.1 Å². The molecule has 0 aliphatic carbocycles. The molecule has 2 nitrogen and oxygen atoms in total. The van der Waals surface area contributed by atoms with Crippen LogP contribution in [-0.2, 0) is 4.74 Å². The highest BCUT2D eigenvalue weighted by Gasteiger charge is 2.32. The molecular weight excluding hydrogens is 272 g/mol. The molecule has 7 heteroatoms. The molecule has 0 aromatic heterocycles. The van der Waals surface area contributed by atoms with Gasteiger partial charge in [0.1, 0.15) is 5.82 Å². The minimum atomic E-state index is -4.60. The first-order chi connectivity index (χ1) is 8.19. The molecule has 0 heterocycles. The third-order valence-corrected chi connectivity index (χ3v) is 2.52. The third kappa shape index (κ3) is 4.56. The summed E-state index contributed by atoms with van der Waals surface area (Å²) in [7, 11) is 0. The number of esters is 1. The van der Waals surface area contributed by atoms with Crippen molar-refractivity contribution in [3.8, 4) is 0 Å². The second-order valence-electron chi connectivity index (χ2n) is 3.64. The molecule has 0 bridgehead atoms. The Kier molecular flexibility index (Phi) is 4.61. The second-order valence-corrected chi connectivity index (χ2v) is 4.75. The molecule has 0 amide bonds. The fourth-order valence-corrected chi connectivity index (χ4v) is 1.83. The van der Waals surface area contributed by atoms with Crippen LogP contribution in [0.5, 0.6) is 0 Å². The Morgan fingerprint density at radius 2 is 1.94 bits per heavy atom. The molecule has 0 saturated heterocycles. The van der Waals surface area contributed by atoms with Crippen LogP contribution in [0.4, 0.5) is 17.6 Å². The van der Waals surface area contributed by atoms with Gasteiger partial charge >= 0.3 is 11.5 Å². The maximum Gasteiger partial charge on any atom is 0.446 e. The largest absolute Gasteiger partial charge is 0.459 e. The molecule has 1 aromatic rings. The lowest BCUT2D eigenvalue weighted by molar-refractivity contribution is -0.0328. The summed E-state index contributed by atoms with van der Waals surface area (Å²) in [5.41, 5.74) is -4.90. The first kappa shape index (κ1) is 14.8. The maximum atomic E-state index is 12.9. The Hall–Kier alpha value is -1.24. The highest BCUT2D eigenvalue weighted by molar-refractivity contribution is 8.00. The SMILES string of the molecule is CC(C)OC(=O)c1ccc(F)cc1SC(F)(F)F. The van der Waals surface area contributed by atoms with Crippen molar-refractivity contribution in [2.75, 3.05) is 0 Å². The molecule has 0 unspecified atom stereocenters. The number of ether oxygens (including phenoxy) is 1. The van der Waals surface area contributed by atoms with Gasteiger partial charge in [-0.2, -0.15) is 13.2 Å². The molecule has 100 valence electrons. The van der Waals surface area contributed by atoms with Gasteiger partial charge in [-0.1, -0.05) is 0 Å². The molecule has 0 aliphatic rings. The Balaban J connectivity index is 3.07. The van der Waals surface area contributed by atoms with E-state index in [1.165, 1.54) is 0 Å². The highest BCUT2D eigenvalue weighted by Crippen LogP contribution is 2.39. The molecule has 1 aromatic carbocycles. The van der Waals surface area contributed by atoms with E-state index in [2.05, 4.69) is 0 Å². The lowest BCUT2D eigenvalue weighted by Gasteiger charge is -2.12. The van der Waals surface area contributed by atoms with Crippen LogP contribution in [-0.4, -0.2) is 17.6 Å². The van der Waals surface area contributed by atoms with E-state index in [-0.39, 0.29) is 5.56 Å². The minimum Gasteiger partial charge on any atom is -0.459 e. The number of hydrogen-bond donors (Lipinski definition) is 0. The minimum absolute atomic E-state index is 0.299. The van der Waals surface area contributed by atoms with Gasteiger partial charge in [0, 0.05) is 4.90 Å². The monoisotopic (exact) mass is 282 g/mol. The van der Waals surface area contributed by atoms with Gasteiger partial charge in [-0.05, 0) is 43.8 Å². The zero-order chi connectivity index (χ0) is 13.9. The summed E-state index contributed by atoms with van der Waals surface area (Å²) < 4.78 is 54.5. The van der Waals surface area contributed by atoms with Crippen LogP contribution in [0.15, 0.2) is 23.1 Å². The highest BCUT2D eigenvalue weighted by atomic mass is 32.2.